The first-order chi connectivity index (χ1) is 13.0. The minimum absolute atomic E-state index is 0.0727. The number of benzene rings is 1. The van der Waals surface area contributed by atoms with Crippen molar-refractivity contribution in [3.05, 3.63) is 35.9 Å². The topological polar surface area (TPSA) is 81.7 Å². The lowest BCUT2D eigenvalue weighted by Crippen LogP contribution is -2.57. The van der Waals surface area contributed by atoms with Gasteiger partial charge in [0.1, 0.15) is 0 Å². The van der Waals surface area contributed by atoms with Crippen LogP contribution in [0.4, 0.5) is 4.79 Å². The van der Waals surface area contributed by atoms with E-state index in [1.165, 1.54) is 5.56 Å². The van der Waals surface area contributed by atoms with Crippen molar-refractivity contribution in [2.45, 2.75) is 63.6 Å². The van der Waals surface area contributed by atoms with Gasteiger partial charge in [0.2, 0.25) is 0 Å². The molecular weight excluding hydrogens is 342 g/mol. The molecule has 2 aliphatic carbocycles. The fourth-order valence-corrected chi connectivity index (χ4v) is 4.46. The third kappa shape index (κ3) is 5.45. The number of likely N-dealkylation sites (N-methyl/N-ethyl adjacent to an activating group) is 1. The predicted molar refractivity (Wildman–Crippen MR) is 105 cm³/mol. The number of amides is 2. The highest BCUT2D eigenvalue weighted by Gasteiger charge is 2.35. The fourth-order valence-electron chi connectivity index (χ4n) is 4.46. The van der Waals surface area contributed by atoms with Gasteiger partial charge in [-0.3, -0.25) is 9.69 Å². The van der Waals surface area contributed by atoms with E-state index in [2.05, 4.69) is 34.9 Å². The van der Waals surface area contributed by atoms with Crippen LogP contribution in [0.1, 0.15) is 44.6 Å². The van der Waals surface area contributed by atoms with Gasteiger partial charge in [-0.15, -0.1) is 0 Å². The summed E-state index contributed by atoms with van der Waals surface area (Å²) in [7, 11) is 0. The van der Waals surface area contributed by atoms with E-state index in [1.54, 1.807) is 0 Å². The molecule has 0 aromatic heterocycles. The summed E-state index contributed by atoms with van der Waals surface area (Å²) in [5.41, 5.74) is 1.33. The van der Waals surface area contributed by atoms with Crippen molar-refractivity contribution in [2.75, 3.05) is 13.1 Å². The first kappa shape index (κ1) is 19.7. The van der Waals surface area contributed by atoms with E-state index in [-0.39, 0.29) is 30.7 Å². The molecule has 1 aromatic rings. The molecule has 6 heteroatoms. The van der Waals surface area contributed by atoms with Gasteiger partial charge in [-0.1, -0.05) is 43.7 Å². The second-order valence-corrected chi connectivity index (χ2v) is 7.88. The van der Waals surface area contributed by atoms with E-state index < -0.39 is 5.97 Å². The lowest BCUT2D eigenvalue weighted by Gasteiger charge is -2.42. The molecule has 27 heavy (non-hydrogen) atoms. The Kier molecular flexibility index (Phi) is 6.72. The zero-order chi connectivity index (χ0) is 19.2. The summed E-state index contributed by atoms with van der Waals surface area (Å²) in [6.45, 7) is 2.77. The fraction of sp³-hybridized carbons (Fsp3) is 0.619. The van der Waals surface area contributed by atoms with Crippen LogP contribution in [0.5, 0.6) is 0 Å². The summed E-state index contributed by atoms with van der Waals surface area (Å²) in [6.07, 6.45) is 6.03. The minimum Gasteiger partial charge on any atom is -0.480 e. The van der Waals surface area contributed by atoms with E-state index in [0.29, 0.717) is 5.92 Å². The Morgan fingerprint density at radius 3 is 2.56 bits per heavy atom. The maximum atomic E-state index is 12.4. The van der Waals surface area contributed by atoms with E-state index in [1.807, 2.05) is 17.9 Å². The van der Waals surface area contributed by atoms with Gasteiger partial charge in [-0.2, -0.15) is 0 Å². The Morgan fingerprint density at radius 1 is 1.15 bits per heavy atom. The van der Waals surface area contributed by atoms with Crippen LogP contribution in [0.25, 0.3) is 0 Å². The molecular formula is C21H31N3O3. The SMILES string of the molecule is CCN(CC(=O)O)C1CC(NC(=O)NC2CCCC2Cc2ccccc2)C1. The van der Waals surface area contributed by atoms with Crippen LogP contribution in [-0.4, -0.2) is 53.2 Å². The third-order valence-corrected chi connectivity index (χ3v) is 6.03. The maximum Gasteiger partial charge on any atom is 0.317 e. The van der Waals surface area contributed by atoms with Gasteiger partial charge in [0.05, 0.1) is 6.54 Å². The summed E-state index contributed by atoms with van der Waals surface area (Å²) >= 11 is 0. The number of carbonyl (C=O) groups is 2. The predicted octanol–water partition coefficient (Wildman–Crippen LogP) is 2.63. The number of carbonyl (C=O) groups excluding carboxylic acids is 1. The normalized spacial score (nSPS) is 27.2. The molecule has 0 radical (unpaired) electrons. The summed E-state index contributed by atoms with van der Waals surface area (Å²) < 4.78 is 0. The van der Waals surface area contributed by atoms with Crippen LogP contribution < -0.4 is 10.6 Å². The van der Waals surface area contributed by atoms with Crippen LogP contribution in [0, 0.1) is 5.92 Å². The largest absolute Gasteiger partial charge is 0.480 e. The number of carboxylic acid groups (broad SMARTS) is 1. The Morgan fingerprint density at radius 2 is 1.89 bits per heavy atom. The van der Waals surface area contributed by atoms with E-state index in [9.17, 15) is 9.59 Å². The van der Waals surface area contributed by atoms with Gasteiger partial charge >= 0.3 is 12.0 Å². The highest BCUT2D eigenvalue weighted by Crippen LogP contribution is 2.29. The molecule has 2 unspecified atom stereocenters. The lowest BCUT2D eigenvalue weighted by molar-refractivity contribution is -0.139. The van der Waals surface area contributed by atoms with Gasteiger partial charge < -0.3 is 15.7 Å². The van der Waals surface area contributed by atoms with Gasteiger partial charge in [0, 0.05) is 18.1 Å². The van der Waals surface area contributed by atoms with E-state index in [4.69, 9.17) is 5.11 Å². The Labute approximate surface area is 161 Å². The quantitative estimate of drug-likeness (QED) is 0.654. The van der Waals surface area contributed by atoms with Gasteiger partial charge in [-0.05, 0) is 50.1 Å². The van der Waals surface area contributed by atoms with E-state index in [0.717, 1.165) is 45.1 Å². The summed E-state index contributed by atoms with van der Waals surface area (Å²) in [4.78, 5) is 25.3. The molecule has 0 heterocycles. The first-order valence-corrected chi connectivity index (χ1v) is 10.1. The van der Waals surface area contributed by atoms with Gasteiger partial charge in [-0.25, -0.2) is 4.79 Å². The number of nitrogens with one attached hydrogen (secondary N) is 2. The Hall–Kier alpha value is -2.08. The summed E-state index contributed by atoms with van der Waals surface area (Å²) in [6, 6.07) is 11.0. The highest BCUT2D eigenvalue weighted by atomic mass is 16.4. The molecule has 1 aromatic carbocycles. The number of carboxylic acids is 1. The lowest BCUT2D eigenvalue weighted by atomic mass is 9.85. The van der Waals surface area contributed by atoms with Crippen molar-refractivity contribution in [1.29, 1.82) is 0 Å². The monoisotopic (exact) mass is 373 g/mol. The average Bonchev–Trinajstić information content (AvgIpc) is 3.03. The number of nitrogens with zero attached hydrogens (tertiary/aromatic N) is 1. The molecule has 0 saturated heterocycles. The molecule has 2 amide bonds. The van der Waals surface area contributed by atoms with Crippen molar-refractivity contribution >= 4 is 12.0 Å². The third-order valence-electron chi connectivity index (χ3n) is 6.03. The molecule has 3 N–H and O–H groups in total. The zero-order valence-electron chi connectivity index (χ0n) is 16.1. The number of urea groups is 1. The minimum atomic E-state index is -0.795. The summed E-state index contributed by atoms with van der Waals surface area (Å²) in [5.74, 6) is -0.296. The molecule has 6 nitrogen and oxygen atoms in total. The highest BCUT2D eigenvalue weighted by molar-refractivity contribution is 5.74. The second kappa shape index (κ2) is 9.22. The van der Waals surface area contributed by atoms with Crippen molar-refractivity contribution in [1.82, 2.24) is 15.5 Å². The van der Waals surface area contributed by atoms with Crippen molar-refractivity contribution in [3.63, 3.8) is 0 Å². The zero-order valence-corrected chi connectivity index (χ0v) is 16.1. The molecule has 2 fully saturated rings. The van der Waals surface area contributed by atoms with E-state index >= 15 is 0 Å². The van der Waals surface area contributed by atoms with Crippen molar-refractivity contribution in [2.24, 2.45) is 5.92 Å². The molecule has 0 bridgehead atoms. The van der Waals surface area contributed by atoms with Crippen LogP contribution in [0.2, 0.25) is 0 Å². The molecule has 2 atom stereocenters. The molecule has 2 saturated carbocycles. The number of aliphatic carboxylic acids is 1. The molecule has 148 valence electrons. The second-order valence-electron chi connectivity index (χ2n) is 7.88. The van der Waals surface area contributed by atoms with Gasteiger partial charge in [0.15, 0.2) is 0 Å². The smallest absolute Gasteiger partial charge is 0.317 e. The van der Waals surface area contributed by atoms with Gasteiger partial charge in [0.25, 0.3) is 0 Å². The first-order valence-electron chi connectivity index (χ1n) is 10.1. The number of hydrogen-bond acceptors (Lipinski definition) is 3. The molecule has 0 aliphatic heterocycles. The van der Waals surface area contributed by atoms with Crippen LogP contribution >= 0.6 is 0 Å². The average molecular weight is 373 g/mol. The Balaban J connectivity index is 1.41. The molecule has 3 rings (SSSR count). The standard InChI is InChI=1S/C21H31N3O3/c1-2-24(14-20(25)26)18-12-17(13-18)22-21(27)23-19-10-6-9-16(19)11-15-7-4-3-5-8-15/h3-5,7-8,16-19H,2,6,9-14H2,1H3,(H,25,26)(H2,22,23,27). The number of hydrogen-bond donors (Lipinski definition) is 3. The van der Waals surface area contributed by atoms with Crippen LogP contribution in [0.3, 0.4) is 0 Å². The number of rotatable bonds is 8. The summed E-state index contributed by atoms with van der Waals surface area (Å²) in [5, 5.41) is 15.2. The molecule has 0 spiro atoms. The van der Waals surface area contributed by atoms with Crippen LogP contribution in [0.15, 0.2) is 30.3 Å². The molecule has 2 aliphatic rings. The maximum absolute atomic E-state index is 12.4. The van der Waals surface area contributed by atoms with Crippen molar-refractivity contribution < 1.29 is 14.7 Å². The van der Waals surface area contributed by atoms with Crippen molar-refractivity contribution in [3.8, 4) is 0 Å². The Bertz CT molecular complexity index is 631. The van der Waals surface area contributed by atoms with Crippen LogP contribution in [-0.2, 0) is 11.2 Å².